The number of benzene rings is 2. The largest absolute Gasteiger partial charge is 0.416 e. The monoisotopic (exact) mass is 360 g/mol. The van der Waals surface area contributed by atoms with Crippen molar-refractivity contribution >= 4 is 10.9 Å². The maximum Gasteiger partial charge on any atom is 0.416 e. The van der Waals surface area contributed by atoms with Gasteiger partial charge in [0.25, 0.3) is 0 Å². The van der Waals surface area contributed by atoms with Gasteiger partial charge >= 0.3 is 6.18 Å². The van der Waals surface area contributed by atoms with Crippen molar-refractivity contribution in [3.63, 3.8) is 0 Å². The summed E-state index contributed by atoms with van der Waals surface area (Å²) >= 11 is 0. The molecule has 0 amide bonds. The number of hydrogen-bond donors (Lipinski definition) is 1. The van der Waals surface area contributed by atoms with E-state index in [1.54, 1.807) is 12.3 Å². The molecular formula is C19H19F3N4. The molecule has 1 aromatic heterocycles. The van der Waals surface area contributed by atoms with Gasteiger partial charge in [-0.05, 0) is 29.3 Å². The molecule has 2 aromatic carbocycles. The number of halogens is 3. The molecule has 0 unspecified atom stereocenters. The Hall–Kier alpha value is -2.38. The van der Waals surface area contributed by atoms with Crippen LogP contribution >= 0.6 is 0 Å². The number of fused-ring (bicyclic) bond motifs is 1. The minimum Gasteiger partial charge on any atom is -0.314 e. The van der Waals surface area contributed by atoms with Crippen LogP contribution in [0.4, 0.5) is 13.2 Å². The molecule has 1 fully saturated rings. The first-order valence-electron chi connectivity index (χ1n) is 8.57. The third-order valence-corrected chi connectivity index (χ3v) is 4.73. The molecule has 0 atom stereocenters. The van der Waals surface area contributed by atoms with Gasteiger partial charge in [-0.25, -0.2) is 0 Å². The summed E-state index contributed by atoms with van der Waals surface area (Å²) in [5.41, 5.74) is 1.60. The van der Waals surface area contributed by atoms with Gasteiger partial charge in [0.15, 0.2) is 0 Å². The predicted octanol–water partition coefficient (Wildman–Crippen LogP) is 3.58. The lowest BCUT2D eigenvalue weighted by Crippen LogP contribution is -2.44. The first-order valence-corrected chi connectivity index (χ1v) is 8.57. The molecule has 0 bridgehead atoms. The Labute approximate surface area is 149 Å². The molecule has 7 heteroatoms. The zero-order valence-electron chi connectivity index (χ0n) is 14.1. The molecule has 0 aliphatic carbocycles. The first-order chi connectivity index (χ1) is 12.5. The highest BCUT2D eigenvalue weighted by molar-refractivity contribution is 5.94. The fourth-order valence-corrected chi connectivity index (χ4v) is 3.37. The first kappa shape index (κ1) is 17.1. The lowest BCUT2D eigenvalue weighted by molar-refractivity contribution is -0.137. The topological polar surface area (TPSA) is 33.1 Å². The van der Waals surface area contributed by atoms with E-state index in [9.17, 15) is 13.2 Å². The minimum atomic E-state index is -4.35. The maximum absolute atomic E-state index is 13.0. The smallest absolute Gasteiger partial charge is 0.314 e. The van der Waals surface area contributed by atoms with Crippen molar-refractivity contribution in [2.45, 2.75) is 12.8 Å². The van der Waals surface area contributed by atoms with Crippen molar-refractivity contribution < 1.29 is 13.2 Å². The van der Waals surface area contributed by atoms with Crippen LogP contribution in [0.2, 0.25) is 0 Å². The van der Waals surface area contributed by atoms with Crippen molar-refractivity contribution in [3.8, 4) is 11.1 Å². The van der Waals surface area contributed by atoms with E-state index in [1.807, 2.05) is 22.9 Å². The number of hydrogen-bond acceptors (Lipinski definition) is 3. The molecule has 4 nitrogen and oxygen atoms in total. The van der Waals surface area contributed by atoms with Gasteiger partial charge in [0.2, 0.25) is 0 Å². The van der Waals surface area contributed by atoms with E-state index >= 15 is 0 Å². The molecule has 0 saturated carbocycles. The molecule has 3 aromatic rings. The average molecular weight is 360 g/mol. The van der Waals surface area contributed by atoms with Gasteiger partial charge in [-0.1, -0.05) is 24.3 Å². The third kappa shape index (κ3) is 3.32. The lowest BCUT2D eigenvalue weighted by Gasteiger charge is -2.27. The SMILES string of the molecule is FC(F)(F)c1cccc(-c2cccc3c2cnn3CN2CCNCC2)c1. The fourth-order valence-electron chi connectivity index (χ4n) is 3.37. The van der Waals surface area contributed by atoms with Gasteiger partial charge in [0, 0.05) is 31.6 Å². The normalized spacial score (nSPS) is 16.3. The highest BCUT2D eigenvalue weighted by atomic mass is 19.4. The van der Waals surface area contributed by atoms with Crippen molar-refractivity contribution in [2.75, 3.05) is 26.2 Å². The Morgan fingerprint density at radius 3 is 2.58 bits per heavy atom. The van der Waals surface area contributed by atoms with Gasteiger partial charge in [-0.3, -0.25) is 9.58 Å². The summed E-state index contributed by atoms with van der Waals surface area (Å²) in [4.78, 5) is 2.31. The average Bonchev–Trinajstić information content (AvgIpc) is 3.05. The quantitative estimate of drug-likeness (QED) is 0.775. The number of aromatic nitrogens is 2. The number of nitrogens with zero attached hydrogens (tertiary/aromatic N) is 3. The van der Waals surface area contributed by atoms with Crippen LogP contribution in [-0.2, 0) is 12.8 Å². The molecule has 1 N–H and O–H groups in total. The van der Waals surface area contributed by atoms with Gasteiger partial charge in [-0.15, -0.1) is 0 Å². The summed E-state index contributed by atoms with van der Waals surface area (Å²) in [5.74, 6) is 0. The molecule has 1 aliphatic heterocycles. The van der Waals surface area contributed by atoms with Crippen LogP contribution in [0, 0.1) is 0 Å². The highest BCUT2D eigenvalue weighted by Gasteiger charge is 2.30. The van der Waals surface area contributed by atoms with Crippen molar-refractivity contribution in [2.24, 2.45) is 0 Å². The lowest BCUT2D eigenvalue weighted by atomic mass is 10.00. The van der Waals surface area contributed by atoms with E-state index in [1.165, 1.54) is 12.1 Å². The second-order valence-corrected chi connectivity index (χ2v) is 6.47. The van der Waals surface area contributed by atoms with Crippen molar-refractivity contribution in [1.29, 1.82) is 0 Å². The van der Waals surface area contributed by atoms with Gasteiger partial charge in [0.05, 0.1) is 23.9 Å². The van der Waals surface area contributed by atoms with Gasteiger partial charge in [-0.2, -0.15) is 18.3 Å². The number of piperazine rings is 1. The van der Waals surface area contributed by atoms with E-state index in [4.69, 9.17) is 0 Å². The number of alkyl halides is 3. The third-order valence-electron chi connectivity index (χ3n) is 4.73. The summed E-state index contributed by atoms with van der Waals surface area (Å²) in [5, 5.41) is 8.66. The molecule has 2 heterocycles. The van der Waals surface area contributed by atoms with E-state index in [2.05, 4.69) is 15.3 Å². The molecule has 0 spiro atoms. The summed E-state index contributed by atoms with van der Waals surface area (Å²) in [6, 6.07) is 11.1. The summed E-state index contributed by atoms with van der Waals surface area (Å²) in [6.07, 6.45) is -2.61. The van der Waals surface area contributed by atoms with Crippen LogP contribution in [0.1, 0.15) is 5.56 Å². The second-order valence-electron chi connectivity index (χ2n) is 6.47. The van der Waals surface area contributed by atoms with Crippen LogP contribution in [0.25, 0.3) is 22.0 Å². The Kier molecular flexibility index (Phi) is 4.42. The Morgan fingerprint density at radius 1 is 1.04 bits per heavy atom. The highest BCUT2D eigenvalue weighted by Crippen LogP contribution is 2.34. The van der Waals surface area contributed by atoms with E-state index < -0.39 is 11.7 Å². The van der Waals surface area contributed by atoms with Gasteiger partial charge in [0.1, 0.15) is 0 Å². The van der Waals surface area contributed by atoms with Crippen LogP contribution < -0.4 is 5.32 Å². The second kappa shape index (κ2) is 6.74. The standard InChI is InChI=1S/C19H19F3N4/c20-19(21,22)15-4-1-3-14(11-15)16-5-2-6-18-17(16)12-24-26(18)13-25-9-7-23-8-10-25/h1-6,11-12,23H,7-10,13H2. The Bertz CT molecular complexity index is 911. The summed E-state index contributed by atoms with van der Waals surface area (Å²) in [6.45, 7) is 4.49. The van der Waals surface area contributed by atoms with Gasteiger partial charge < -0.3 is 5.32 Å². The zero-order valence-corrected chi connectivity index (χ0v) is 14.1. The number of rotatable bonds is 3. The predicted molar refractivity (Wildman–Crippen MR) is 94.6 cm³/mol. The Morgan fingerprint density at radius 2 is 1.81 bits per heavy atom. The summed E-state index contributed by atoms with van der Waals surface area (Å²) < 4.78 is 41.0. The van der Waals surface area contributed by atoms with E-state index in [0.717, 1.165) is 48.7 Å². The Balaban J connectivity index is 1.71. The molecule has 0 radical (unpaired) electrons. The zero-order chi connectivity index (χ0) is 18.1. The summed E-state index contributed by atoms with van der Waals surface area (Å²) in [7, 11) is 0. The van der Waals surface area contributed by atoms with Crippen LogP contribution in [0.3, 0.4) is 0 Å². The minimum absolute atomic E-state index is 0.548. The maximum atomic E-state index is 13.0. The van der Waals surface area contributed by atoms with Crippen LogP contribution in [-0.4, -0.2) is 40.9 Å². The van der Waals surface area contributed by atoms with Crippen molar-refractivity contribution in [1.82, 2.24) is 20.0 Å². The molecule has 26 heavy (non-hydrogen) atoms. The van der Waals surface area contributed by atoms with E-state index in [-0.39, 0.29) is 0 Å². The van der Waals surface area contributed by atoms with E-state index in [0.29, 0.717) is 12.2 Å². The molecule has 1 aliphatic rings. The molecule has 4 rings (SSSR count). The van der Waals surface area contributed by atoms with Crippen LogP contribution in [0.5, 0.6) is 0 Å². The number of nitrogens with one attached hydrogen (secondary N) is 1. The van der Waals surface area contributed by atoms with Crippen molar-refractivity contribution in [3.05, 3.63) is 54.2 Å². The fraction of sp³-hybridized carbons (Fsp3) is 0.316. The molecule has 1 saturated heterocycles. The molecule has 136 valence electrons. The molecular weight excluding hydrogens is 341 g/mol. The van der Waals surface area contributed by atoms with Crippen LogP contribution in [0.15, 0.2) is 48.7 Å².